The van der Waals surface area contributed by atoms with E-state index >= 15 is 0 Å². The summed E-state index contributed by atoms with van der Waals surface area (Å²) in [7, 11) is 0. The lowest BCUT2D eigenvalue weighted by Gasteiger charge is -2.30. The number of carbonyl (C=O) groups is 1. The minimum absolute atomic E-state index is 0.0888. The summed E-state index contributed by atoms with van der Waals surface area (Å²) in [6, 6.07) is 8.15. The molecule has 0 radical (unpaired) electrons. The summed E-state index contributed by atoms with van der Waals surface area (Å²) in [6.07, 6.45) is 5.04. The normalized spacial score (nSPS) is 15.5. The highest BCUT2D eigenvalue weighted by Gasteiger charge is 2.25. The number of benzene rings is 1. The van der Waals surface area contributed by atoms with Crippen molar-refractivity contribution in [3.05, 3.63) is 64.1 Å². The maximum atomic E-state index is 12.7. The van der Waals surface area contributed by atoms with E-state index in [4.69, 9.17) is 0 Å². The van der Waals surface area contributed by atoms with E-state index in [0.717, 1.165) is 54.3 Å². The van der Waals surface area contributed by atoms with Gasteiger partial charge in [0.2, 0.25) is 5.91 Å². The molecule has 0 aliphatic carbocycles. The second-order valence-electron chi connectivity index (χ2n) is 7.49. The minimum atomic E-state index is 0.0888. The lowest BCUT2D eigenvalue weighted by atomic mass is 9.95. The monoisotopic (exact) mass is 410 g/mol. The first-order chi connectivity index (χ1) is 14.2. The number of thiazole rings is 1. The van der Waals surface area contributed by atoms with Crippen molar-refractivity contribution in [2.45, 2.75) is 39.4 Å². The number of nitrogens with zero attached hydrogens (tertiary/aromatic N) is 5. The van der Waals surface area contributed by atoms with Gasteiger partial charge in [-0.05, 0) is 44.0 Å². The third-order valence-electron chi connectivity index (χ3n) is 5.38. The van der Waals surface area contributed by atoms with Crippen molar-refractivity contribution >= 4 is 17.2 Å². The van der Waals surface area contributed by atoms with Crippen LogP contribution in [0.25, 0.3) is 0 Å². The molecule has 7 nitrogen and oxygen atoms in total. The molecule has 1 fully saturated rings. The van der Waals surface area contributed by atoms with Crippen molar-refractivity contribution in [3.8, 4) is 0 Å². The number of rotatable bonds is 7. The molecule has 0 saturated carbocycles. The smallest absolute Gasteiger partial charge is 0.223 e. The second kappa shape index (κ2) is 9.28. The average molecular weight is 411 g/mol. The number of aromatic nitrogens is 4. The first-order valence-corrected chi connectivity index (χ1v) is 10.9. The van der Waals surface area contributed by atoms with Gasteiger partial charge in [-0.3, -0.25) is 9.69 Å². The third kappa shape index (κ3) is 5.27. The van der Waals surface area contributed by atoms with Gasteiger partial charge in [0.05, 0.1) is 17.2 Å². The van der Waals surface area contributed by atoms with Crippen LogP contribution in [0.15, 0.2) is 42.3 Å². The molecule has 152 valence electrons. The Kier molecular flexibility index (Phi) is 6.31. The highest BCUT2D eigenvalue weighted by molar-refractivity contribution is 7.09. The molecular weight excluding hydrogens is 384 g/mol. The van der Waals surface area contributed by atoms with E-state index in [1.54, 1.807) is 22.3 Å². The Morgan fingerprint density at radius 1 is 1.21 bits per heavy atom. The number of hydrogen-bond donors (Lipinski definition) is 1. The number of aryl methyl sites for hydroxylation is 1. The molecule has 1 aromatic carbocycles. The summed E-state index contributed by atoms with van der Waals surface area (Å²) < 4.78 is 1.79. The van der Waals surface area contributed by atoms with Gasteiger partial charge in [-0.25, -0.2) is 14.6 Å². The summed E-state index contributed by atoms with van der Waals surface area (Å²) in [5, 5.41) is 10.6. The highest BCUT2D eigenvalue weighted by atomic mass is 32.1. The molecule has 1 N–H and O–H groups in total. The second-order valence-corrected chi connectivity index (χ2v) is 8.55. The summed E-state index contributed by atoms with van der Waals surface area (Å²) in [6.45, 7) is 6.00. The molecule has 1 amide bonds. The highest BCUT2D eigenvalue weighted by Crippen LogP contribution is 2.20. The van der Waals surface area contributed by atoms with Crippen LogP contribution >= 0.6 is 11.3 Å². The molecule has 0 spiro atoms. The van der Waals surface area contributed by atoms with Crippen LogP contribution in [0.5, 0.6) is 0 Å². The number of nitrogens with one attached hydrogen (secondary N) is 1. The molecule has 1 aliphatic heterocycles. The molecule has 29 heavy (non-hydrogen) atoms. The topological polar surface area (TPSA) is 75.9 Å². The predicted molar refractivity (Wildman–Crippen MR) is 112 cm³/mol. The van der Waals surface area contributed by atoms with Crippen molar-refractivity contribution in [1.82, 2.24) is 30.0 Å². The number of likely N-dealkylation sites (tertiary alicyclic amines) is 1. The fourth-order valence-electron chi connectivity index (χ4n) is 3.76. The maximum Gasteiger partial charge on any atom is 0.223 e. The molecular formula is C21H26N6OS. The van der Waals surface area contributed by atoms with Crippen molar-refractivity contribution in [2.24, 2.45) is 5.92 Å². The van der Waals surface area contributed by atoms with E-state index in [1.165, 1.54) is 6.33 Å². The predicted octanol–water partition coefficient (Wildman–Crippen LogP) is 2.62. The van der Waals surface area contributed by atoms with Crippen molar-refractivity contribution in [2.75, 3.05) is 13.1 Å². The van der Waals surface area contributed by atoms with Gasteiger partial charge in [-0.2, -0.15) is 5.10 Å². The zero-order chi connectivity index (χ0) is 20.1. The van der Waals surface area contributed by atoms with E-state index in [-0.39, 0.29) is 11.8 Å². The van der Waals surface area contributed by atoms with Gasteiger partial charge in [-0.1, -0.05) is 24.3 Å². The molecule has 3 heterocycles. The van der Waals surface area contributed by atoms with Crippen LogP contribution in [0.1, 0.15) is 34.7 Å². The quantitative estimate of drug-likeness (QED) is 0.648. The molecule has 8 heteroatoms. The van der Waals surface area contributed by atoms with Crippen LogP contribution < -0.4 is 5.32 Å². The molecule has 2 aromatic heterocycles. The Morgan fingerprint density at radius 3 is 2.69 bits per heavy atom. The summed E-state index contributed by atoms with van der Waals surface area (Å²) in [5.74, 6) is 0.246. The fraction of sp³-hybridized carbons (Fsp3) is 0.429. The Hall–Kier alpha value is -2.58. The van der Waals surface area contributed by atoms with Crippen LogP contribution in [0, 0.1) is 12.8 Å². The molecule has 1 saturated heterocycles. The molecule has 1 aliphatic rings. The number of piperidine rings is 1. The minimum Gasteiger partial charge on any atom is -0.352 e. The van der Waals surface area contributed by atoms with E-state index in [1.807, 2.05) is 19.1 Å². The number of carbonyl (C=O) groups excluding carboxylic acids is 1. The summed E-state index contributed by atoms with van der Waals surface area (Å²) >= 11 is 1.69. The van der Waals surface area contributed by atoms with Crippen LogP contribution in [-0.4, -0.2) is 43.6 Å². The van der Waals surface area contributed by atoms with Gasteiger partial charge < -0.3 is 5.32 Å². The van der Waals surface area contributed by atoms with Crippen molar-refractivity contribution in [1.29, 1.82) is 0 Å². The van der Waals surface area contributed by atoms with Crippen LogP contribution in [-0.2, 0) is 24.4 Å². The molecule has 4 rings (SSSR count). The maximum absolute atomic E-state index is 12.7. The van der Waals surface area contributed by atoms with E-state index < -0.39 is 0 Å². The van der Waals surface area contributed by atoms with Gasteiger partial charge in [0.25, 0.3) is 0 Å². The SMILES string of the molecule is Cc1nc(CN2CCC(C(=O)NCc3ccccc3Cn3cncn3)CC2)cs1. The average Bonchev–Trinajstić information content (AvgIpc) is 3.39. The summed E-state index contributed by atoms with van der Waals surface area (Å²) in [4.78, 5) is 23.6. The van der Waals surface area contributed by atoms with Gasteiger partial charge in [0, 0.05) is 24.4 Å². The van der Waals surface area contributed by atoms with Crippen molar-refractivity contribution in [3.63, 3.8) is 0 Å². The Labute approximate surface area is 174 Å². The molecule has 0 unspecified atom stereocenters. The lowest BCUT2D eigenvalue weighted by molar-refractivity contribution is -0.126. The van der Waals surface area contributed by atoms with Gasteiger partial charge in [0.15, 0.2) is 0 Å². The Morgan fingerprint density at radius 2 is 2.00 bits per heavy atom. The zero-order valence-corrected chi connectivity index (χ0v) is 17.4. The first kappa shape index (κ1) is 19.7. The molecule has 0 atom stereocenters. The number of amides is 1. The Balaban J connectivity index is 1.26. The van der Waals surface area contributed by atoms with Crippen LogP contribution in [0.2, 0.25) is 0 Å². The lowest BCUT2D eigenvalue weighted by Crippen LogP contribution is -2.40. The van der Waals surface area contributed by atoms with Crippen LogP contribution in [0.4, 0.5) is 0 Å². The van der Waals surface area contributed by atoms with Crippen molar-refractivity contribution < 1.29 is 4.79 Å². The third-order valence-corrected chi connectivity index (χ3v) is 6.20. The first-order valence-electron chi connectivity index (χ1n) is 9.97. The van der Waals surface area contributed by atoms with Gasteiger partial charge in [0.1, 0.15) is 12.7 Å². The van der Waals surface area contributed by atoms with E-state index in [0.29, 0.717) is 13.1 Å². The fourth-order valence-corrected chi connectivity index (χ4v) is 4.37. The molecule has 3 aromatic rings. The summed E-state index contributed by atoms with van der Waals surface area (Å²) in [5.41, 5.74) is 3.40. The van der Waals surface area contributed by atoms with Gasteiger partial charge in [-0.15, -0.1) is 11.3 Å². The Bertz CT molecular complexity index is 930. The van der Waals surface area contributed by atoms with E-state index in [2.05, 4.69) is 42.8 Å². The van der Waals surface area contributed by atoms with Gasteiger partial charge >= 0.3 is 0 Å². The van der Waals surface area contributed by atoms with E-state index in [9.17, 15) is 4.79 Å². The molecule has 0 bridgehead atoms. The zero-order valence-electron chi connectivity index (χ0n) is 16.6. The largest absolute Gasteiger partial charge is 0.352 e. The number of hydrogen-bond acceptors (Lipinski definition) is 6. The standard InChI is InChI=1S/C21H26N6OS/c1-16-25-20(13-29-16)12-26-8-6-17(7-9-26)21(28)23-10-18-4-2-3-5-19(18)11-27-15-22-14-24-27/h2-5,13-15,17H,6-12H2,1H3,(H,23,28). The van der Waals surface area contributed by atoms with Crippen LogP contribution in [0.3, 0.4) is 0 Å².